The zero-order valence-corrected chi connectivity index (χ0v) is 14.3. The average Bonchev–Trinajstić information content (AvgIpc) is 2.41. The van der Waals surface area contributed by atoms with Crippen LogP contribution >= 0.6 is 24.0 Å². The van der Waals surface area contributed by atoms with Crippen molar-refractivity contribution in [3.8, 4) is 0 Å². The molecule has 124 valence electrons. The van der Waals surface area contributed by atoms with Crippen LogP contribution in [0.2, 0.25) is 5.02 Å². The van der Waals surface area contributed by atoms with Gasteiger partial charge in [-0.2, -0.15) is 0 Å². The number of amides is 2. The van der Waals surface area contributed by atoms with Crippen LogP contribution in [0, 0.1) is 0 Å². The van der Waals surface area contributed by atoms with Crippen molar-refractivity contribution in [1.29, 1.82) is 0 Å². The molecule has 0 bridgehead atoms. The zero-order valence-electron chi connectivity index (χ0n) is 12.8. The van der Waals surface area contributed by atoms with Gasteiger partial charge in [-0.3, -0.25) is 9.59 Å². The maximum atomic E-state index is 11.8. The fourth-order valence-corrected chi connectivity index (χ4v) is 2.32. The lowest BCUT2D eigenvalue weighted by molar-refractivity contribution is -0.123. The van der Waals surface area contributed by atoms with Gasteiger partial charge in [0.1, 0.15) is 0 Å². The first-order chi connectivity index (χ1) is 9.81. The Morgan fingerprint density at radius 2 is 1.95 bits per heavy atom. The Bertz CT molecular complexity index is 522. The minimum absolute atomic E-state index is 0. The highest BCUT2D eigenvalue weighted by Crippen LogP contribution is 2.25. The van der Waals surface area contributed by atoms with Crippen molar-refractivity contribution >= 4 is 35.8 Å². The van der Waals surface area contributed by atoms with Crippen LogP contribution in [-0.2, 0) is 16.1 Å². The molecule has 1 aromatic carbocycles. The second-order valence-electron chi connectivity index (χ2n) is 5.34. The molecule has 1 aromatic rings. The van der Waals surface area contributed by atoms with Crippen LogP contribution in [0.15, 0.2) is 18.2 Å². The standard InChI is InChI=1S/C15H22ClN3O2.ClH/c1-9(2)11-4-3-10(7-12(11)16)8-19-15(21)13(17)5-6-14(18)20;/h3-4,7,9,13H,5-6,8,17H2,1-2H3,(H2,18,20)(H,19,21);1H/t13-;/m0./s1. The summed E-state index contributed by atoms with van der Waals surface area (Å²) >= 11 is 6.20. The molecule has 0 unspecified atom stereocenters. The molecule has 0 aromatic heterocycles. The summed E-state index contributed by atoms with van der Waals surface area (Å²) in [6, 6.07) is 4.99. The van der Waals surface area contributed by atoms with Crippen molar-refractivity contribution in [2.45, 2.75) is 45.2 Å². The summed E-state index contributed by atoms with van der Waals surface area (Å²) in [5, 5.41) is 3.41. The second-order valence-corrected chi connectivity index (χ2v) is 5.75. The van der Waals surface area contributed by atoms with Crippen molar-refractivity contribution in [3.63, 3.8) is 0 Å². The Kier molecular flexibility index (Phi) is 9.09. The normalized spacial score (nSPS) is 11.7. The van der Waals surface area contributed by atoms with Gasteiger partial charge in [-0.05, 0) is 29.5 Å². The van der Waals surface area contributed by atoms with E-state index >= 15 is 0 Å². The molecule has 0 aliphatic carbocycles. The summed E-state index contributed by atoms with van der Waals surface area (Å²) in [6.07, 6.45) is 0.345. The van der Waals surface area contributed by atoms with Gasteiger partial charge >= 0.3 is 0 Å². The van der Waals surface area contributed by atoms with Crippen LogP contribution in [0.5, 0.6) is 0 Å². The number of nitrogens with two attached hydrogens (primary N) is 2. The minimum atomic E-state index is -0.733. The molecule has 22 heavy (non-hydrogen) atoms. The smallest absolute Gasteiger partial charge is 0.237 e. The molecule has 0 saturated heterocycles. The summed E-state index contributed by atoms with van der Waals surface area (Å²) < 4.78 is 0. The number of primary amides is 1. The molecule has 2 amide bonds. The number of benzene rings is 1. The van der Waals surface area contributed by atoms with Gasteiger partial charge in [0.25, 0.3) is 0 Å². The lowest BCUT2D eigenvalue weighted by Crippen LogP contribution is -2.40. The fourth-order valence-electron chi connectivity index (χ4n) is 1.90. The van der Waals surface area contributed by atoms with Crippen LogP contribution in [0.1, 0.15) is 43.7 Å². The third-order valence-electron chi connectivity index (χ3n) is 3.19. The van der Waals surface area contributed by atoms with Crippen molar-refractivity contribution in [2.24, 2.45) is 11.5 Å². The van der Waals surface area contributed by atoms with E-state index in [0.29, 0.717) is 17.5 Å². The topological polar surface area (TPSA) is 98.2 Å². The van der Waals surface area contributed by atoms with Crippen molar-refractivity contribution < 1.29 is 9.59 Å². The van der Waals surface area contributed by atoms with Gasteiger partial charge in [-0.15, -0.1) is 12.4 Å². The van der Waals surface area contributed by atoms with Crippen LogP contribution in [0.3, 0.4) is 0 Å². The first-order valence-electron chi connectivity index (χ1n) is 6.91. The van der Waals surface area contributed by atoms with Gasteiger partial charge in [0.15, 0.2) is 0 Å². The Balaban J connectivity index is 0.00000441. The van der Waals surface area contributed by atoms with Gasteiger partial charge in [0, 0.05) is 18.0 Å². The van der Waals surface area contributed by atoms with Crippen LogP contribution in [0.25, 0.3) is 0 Å². The SMILES string of the molecule is CC(C)c1ccc(CNC(=O)[C@@H](N)CCC(N)=O)cc1Cl.Cl. The Morgan fingerprint density at radius 1 is 1.32 bits per heavy atom. The zero-order chi connectivity index (χ0) is 16.0. The van der Waals surface area contributed by atoms with Gasteiger partial charge in [0.05, 0.1) is 6.04 Å². The summed E-state index contributed by atoms with van der Waals surface area (Å²) in [5.41, 5.74) is 12.7. The van der Waals surface area contributed by atoms with E-state index < -0.39 is 11.9 Å². The summed E-state index contributed by atoms with van der Waals surface area (Å²) in [4.78, 5) is 22.4. The number of hydrogen-bond acceptors (Lipinski definition) is 3. The molecule has 0 fully saturated rings. The average molecular weight is 348 g/mol. The van der Waals surface area contributed by atoms with Crippen molar-refractivity contribution in [1.82, 2.24) is 5.32 Å². The maximum absolute atomic E-state index is 11.8. The van der Waals surface area contributed by atoms with Gasteiger partial charge in [0.2, 0.25) is 11.8 Å². The quantitative estimate of drug-likeness (QED) is 0.704. The fraction of sp³-hybridized carbons (Fsp3) is 0.467. The molecule has 1 atom stereocenters. The lowest BCUT2D eigenvalue weighted by atomic mass is 10.0. The van der Waals surface area contributed by atoms with E-state index in [1.54, 1.807) is 0 Å². The number of rotatable bonds is 7. The highest BCUT2D eigenvalue weighted by molar-refractivity contribution is 6.31. The third-order valence-corrected chi connectivity index (χ3v) is 3.52. The van der Waals surface area contributed by atoms with Crippen molar-refractivity contribution in [3.05, 3.63) is 34.3 Å². The Labute approximate surface area is 142 Å². The summed E-state index contributed by atoms with van der Waals surface area (Å²) in [7, 11) is 0. The first kappa shape index (κ1) is 20.7. The molecule has 1 rings (SSSR count). The number of nitrogens with one attached hydrogen (secondary N) is 1. The molecular formula is C15H23Cl2N3O2. The van der Waals surface area contributed by atoms with Gasteiger partial charge in [-0.25, -0.2) is 0 Å². The number of hydrogen-bond donors (Lipinski definition) is 3. The largest absolute Gasteiger partial charge is 0.370 e. The highest BCUT2D eigenvalue weighted by atomic mass is 35.5. The van der Waals surface area contributed by atoms with Crippen LogP contribution < -0.4 is 16.8 Å². The van der Waals surface area contributed by atoms with E-state index in [4.69, 9.17) is 23.1 Å². The molecule has 0 heterocycles. The first-order valence-corrected chi connectivity index (χ1v) is 7.29. The van der Waals surface area contributed by atoms with E-state index in [2.05, 4.69) is 19.2 Å². The molecule has 7 heteroatoms. The number of carbonyl (C=O) groups excluding carboxylic acids is 2. The number of halogens is 2. The van der Waals surface area contributed by atoms with E-state index in [-0.39, 0.29) is 31.2 Å². The molecule has 0 aliphatic rings. The maximum Gasteiger partial charge on any atom is 0.237 e. The predicted octanol–water partition coefficient (Wildman–Crippen LogP) is 2.09. The van der Waals surface area contributed by atoms with Crippen LogP contribution in [0.4, 0.5) is 0 Å². The highest BCUT2D eigenvalue weighted by Gasteiger charge is 2.14. The molecule has 5 nitrogen and oxygen atoms in total. The summed E-state index contributed by atoms with van der Waals surface area (Å²) in [5.74, 6) is -0.419. The molecule has 0 spiro atoms. The van der Waals surface area contributed by atoms with Gasteiger partial charge in [-0.1, -0.05) is 37.6 Å². The number of carbonyl (C=O) groups is 2. The molecule has 0 radical (unpaired) electrons. The van der Waals surface area contributed by atoms with Crippen molar-refractivity contribution in [2.75, 3.05) is 0 Å². The monoisotopic (exact) mass is 347 g/mol. The Hall–Kier alpha value is -1.30. The lowest BCUT2D eigenvalue weighted by Gasteiger charge is -2.13. The molecule has 0 aliphatic heterocycles. The predicted molar refractivity (Wildman–Crippen MR) is 91.0 cm³/mol. The van der Waals surface area contributed by atoms with E-state index in [1.165, 1.54) is 0 Å². The molecule has 0 saturated carbocycles. The third kappa shape index (κ3) is 6.64. The molecule has 5 N–H and O–H groups in total. The van der Waals surface area contributed by atoms with Gasteiger partial charge < -0.3 is 16.8 Å². The van der Waals surface area contributed by atoms with E-state index in [9.17, 15) is 9.59 Å². The molecular weight excluding hydrogens is 325 g/mol. The van der Waals surface area contributed by atoms with E-state index in [0.717, 1.165) is 11.1 Å². The van der Waals surface area contributed by atoms with E-state index in [1.807, 2.05) is 18.2 Å². The minimum Gasteiger partial charge on any atom is -0.370 e. The summed E-state index contributed by atoms with van der Waals surface area (Å²) in [6.45, 7) is 4.49. The second kappa shape index (κ2) is 9.66. The Morgan fingerprint density at radius 3 is 2.45 bits per heavy atom. The van der Waals surface area contributed by atoms with Crippen LogP contribution in [-0.4, -0.2) is 17.9 Å².